The van der Waals surface area contributed by atoms with Crippen molar-refractivity contribution < 1.29 is 14.3 Å². The number of benzene rings is 3. The lowest BCUT2D eigenvalue weighted by atomic mass is 10.2. The second kappa shape index (κ2) is 10.9. The molecule has 0 spiro atoms. The van der Waals surface area contributed by atoms with Crippen molar-refractivity contribution in [3.8, 4) is 5.75 Å². The Morgan fingerprint density at radius 2 is 1.81 bits per heavy atom. The smallest absolute Gasteiger partial charge is 0.271 e. The van der Waals surface area contributed by atoms with Gasteiger partial charge in [-0.3, -0.25) is 9.59 Å². The number of hydrogen-bond donors (Lipinski definition) is 2. The number of anilines is 1. The molecular weight excluding hydrogens is 526 g/mol. The van der Waals surface area contributed by atoms with Crippen LogP contribution in [0.2, 0.25) is 0 Å². The fourth-order valence-corrected chi connectivity index (χ4v) is 4.07. The molecule has 3 aromatic rings. The van der Waals surface area contributed by atoms with E-state index in [-0.39, 0.29) is 18.4 Å². The molecule has 0 aromatic heterocycles. The van der Waals surface area contributed by atoms with Crippen molar-refractivity contribution in [2.24, 2.45) is 5.10 Å². The Kier molecular flexibility index (Phi) is 7.97. The number of carbonyl (C=O) groups excluding carboxylic acids is 2. The highest BCUT2D eigenvalue weighted by molar-refractivity contribution is 9.11. The van der Waals surface area contributed by atoms with Gasteiger partial charge in [-0.15, -0.1) is 0 Å². The van der Waals surface area contributed by atoms with Gasteiger partial charge in [-0.25, -0.2) is 5.43 Å². The Balaban J connectivity index is 1.67. The van der Waals surface area contributed by atoms with E-state index in [1.54, 1.807) is 36.4 Å². The molecule has 0 atom stereocenters. The lowest BCUT2D eigenvalue weighted by Gasteiger charge is -2.12. The third-order valence-corrected chi connectivity index (χ3v) is 5.14. The summed E-state index contributed by atoms with van der Waals surface area (Å²) < 4.78 is 7.17. The minimum Gasteiger partial charge on any atom is -0.482 e. The first kappa shape index (κ1) is 22.7. The zero-order chi connectivity index (χ0) is 22.2. The van der Waals surface area contributed by atoms with E-state index in [2.05, 4.69) is 47.7 Å². The first-order valence-corrected chi connectivity index (χ1v) is 10.9. The van der Waals surface area contributed by atoms with E-state index < -0.39 is 0 Å². The fraction of sp³-hybridized carbons (Fsp3) is 0.0870. The summed E-state index contributed by atoms with van der Waals surface area (Å²) in [7, 11) is 0. The molecule has 0 saturated heterocycles. The number of nitrogens with zero attached hydrogens (tertiary/aromatic N) is 1. The number of nitrogens with one attached hydrogen (secondary N) is 2. The largest absolute Gasteiger partial charge is 0.482 e. The normalized spacial score (nSPS) is 10.7. The maximum atomic E-state index is 12.3. The second-order valence-corrected chi connectivity index (χ2v) is 8.35. The van der Waals surface area contributed by atoms with E-state index >= 15 is 0 Å². The molecule has 6 nitrogen and oxygen atoms in total. The number of rotatable bonds is 7. The SMILES string of the molecule is Cc1cccc(NC(=O)COc2c(Br)cc(Br)cc2/C=N/NC(=O)c2ccccc2)c1. The van der Waals surface area contributed by atoms with Crippen LogP contribution in [-0.2, 0) is 4.79 Å². The van der Waals surface area contributed by atoms with E-state index in [0.717, 1.165) is 10.0 Å². The van der Waals surface area contributed by atoms with E-state index in [1.165, 1.54) is 6.21 Å². The number of aryl methyl sites for hydroxylation is 1. The molecule has 0 aliphatic heterocycles. The molecule has 31 heavy (non-hydrogen) atoms. The maximum absolute atomic E-state index is 12.3. The second-order valence-electron chi connectivity index (χ2n) is 6.58. The van der Waals surface area contributed by atoms with Crippen LogP contribution in [0.4, 0.5) is 5.69 Å². The van der Waals surface area contributed by atoms with Gasteiger partial charge in [-0.2, -0.15) is 5.10 Å². The van der Waals surface area contributed by atoms with Gasteiger partial charge in [0, 0.05) is 21.3 Å². The van der Waals surface area contributed by atoms with Crippen LogP contribution in [0.5, 0.6) is 5.75 Å². The van der Waals surface area contributed by atoms with Gasteiger partial charge in [0.15, 0.2) is 6.61 Å². The average molecular weight is 545 g/mol. The van der Waals surface area contributed by atoms with Crippen LogP contribution in [0.25, 0.3) is 0 Å². The topological polar surface area (TPSA) is 79.8 Å². The van der Waals surface area contributed by atoms with Crippen molar-refractivity contribution in [2.45, 2.75) is 6.92 Å². The van der Waals surface area contributed by atoms with Gasteiger partial charge in [0.25, 0.3) is 11.8 Å². The third-order valence-electron chi connectivity index (χ3n) is 4.09. The van der Waals surface area contributed by atoms with Crippen LogP contribution in [0, 0.1) is 6.92 Å². The van der Waals surface area contributed by atoms with Crippen LogP contribution < -0.4 is 15.5 Å². The predicted octanol–water partition coefficient (Wildman–Crippen LogP) is 5.30. The van der Waals surface area contributed by atoms with Gasteiger partial charge in [0.2, 0.25) is 0 Å². The third kappa shape index (κ3) is 6.77. The lowest BCUT2D eigenvalue weighted by Crippen LogP contribution is -2.21. The van der Waals surface area contributed by atoms with Gasteiger partial charge in [0.05, 0.1) is 10.7 Å². The first-order chi connectivity index (χ1) is 14.9. The summed E-state index contributed by atoms with van der Waals surface area (Å²) in [6.45, 7) is 1.76. The molecule has 3 rings (SSSR count). The summed E-state index contributed by atoms with van der Waals surface area (Å²) in [4.78, 5) is 24.4. The average Bonchev–Trinajstić information content (AvgIpc) is 2.73. The van der Waals surface area contributed by atoms with Crippen LogP contribution in [-0.4, -0.2) is 24.6 Å². The van der Waals surface area contributed by atoms with Crippen LogP contribution in [0.15, 0.2) is 80.8 Å². The number of amides is 2. The lowest BCUT2D eigenvalue weighted by molar-refractivity contribution is -0.118. The quantitative estimate of drug-likeness (QED) is 0.313. The Morgan fingerprint density at radius 3 is 2.55 bits per heavy atom. The van der Waals surface area contributed by atoms with Crippen LogP contribution in [0.1, 0.15) is 21.5 Å². The van der Waals surface area contributed by atoms with Crippen molar-refractivity contribution in [3.63, 3.8) is 0 Å². The van der Waals surface area contributed by atoms with E-state index in [0.29, 0.717) is 27.0 Å². The molecule has 0 radical (unpaired) electrons. The monoisotopic (exact) mass is 543 g/mol. The number of halogens is 2. The molecule has 0 aliphatic carbocycles. The summed E-state index contributed by atoms with van der Waals surface area (Å²) in [6.07, 6.45) is 1.46. The van der Waals surface area contributed by atoms with Gasteiger partial charge in [-0.1, -0.05) is 46.3 Å². The number of carbonyl (C=O) groups is 2. The Hall–Kier alpha value is -2.97. The Bertz CT molecular complexity index is 1120. The molecule has 158 valence electrons. The fourth-order valence-electron chi connectivity index (χ4n) is 2.70. The van der Waals surface area contributed by atoms with Crippen LogP contribution >= 0.6 is 31.9 Å². The van der Waals surface area contributed by atoms with Crippen LogP contribution in [0.3, 0.4) is 0 Å². The summed E-state index contributed by atoms with van der Waals surface area (Å²) in [5.74, 6) is -0.188. The minimum atomic E-state index is -0.328. The number of hydrogen-bond acceptors (Lipinski definition) is 4. The highest BCUT2D eigenvalue weighted by Gasteiger charge is 2.12. The number of hydrazone groups is 1. The zero-order valence-electron chi connectivity index (χ0n) is 16.6. The molecule has 0 unspecified atom stereocenters. The van der Waals surface area contributed by atoms with E-state index in [1.807, 2.05) is 37.3 Å². The van der Waals surface area contributed by atoms with Gasteiger partial charge >= 0.3 is 0 Å². The maximum Gasteiger partial charge on any atom is 0.271 e. The summed E-state index contributed by atoms with van der Waals surface area (Å²) in [6, 6.07) is 19.9. The summed E-state index contributed by atoms with van der Waals surface area (Å²) in [5.41, 5.74) is 5.31. The van der Waals surface area contributed by atoms with Crippen molar-refractivity contribution in [1.82, 2.24) is 5.43 Å². The van der Waals surface area contributed by atoms with Gasteiger partial charge in [0.1, 0.15) is 5.75 Å². The summed E-state index contributed by atoms with van der Waals surface area (Å²) >= 11 is 6.87. The molecule has 8 heteroatoms. The first-order valence-electron chi connectivity index (χ1n) is 9.29. The predicted molar refractivity (Wildman–Crippen MR) is 129 cm³/mol. The van der Waals surface area contributed by atoms with Gasteiger partial charge < -0.3 is 10.1 Å². The van der Waals surface area contributed by atoms with E-state index in [9.17, 15) is 9.59 Å². The zero-order valence-corrected chi connectivity index (χ0v) is 19.7. The summed E-state index contributed by atoms with van der Waals surface area (Å²) in [5, 5.41) is 6.82. The molecule has 0 fully saturated rings. The van der Waals surface area contributed by atoms with Crippen molar-refractivity contribution in [1.29, 1.82) is 0 Å². The molecule has 0 aliphatic rings. The van der Waals surface area contributed by atoms with Crippen molar-refractivity contribution in [2.75, 3.05) is 11.9 Å². The standard InChI is InChI=1S/C23H19Br2N3O3/c1-15-6-5-9-19(10-15)27-21(29)14-31-22-17(11-18(24)12-20(22)25)13-26-28-23(30)16-7-3-2-4-8-16/h2-13H,14H2,1H3,(H,27,29)(H,28,30)/b26-13+. The molecule has 2 amide bonds. The molecule has 0 heterocycles. The minimum absolute atomic E-state index is 0.189. The van der Waals surface area contributed by atoms with Gasteiger partial charge in [-0.05, 0) is 64.8 Å². The van der Waals surface area contributed by atoms with Crippen molar-refractivity contribution in [3.05, 3.63) is 92.4 Å². The number of ether oxygens (including phenoxy) is 1. The highest BCUT2D eigenvalue weighted by Crippen LogP contribution is 2.32. The van der Waals surface area contributed by atoms with Crippen molar-refractivity contribution >= 4 is 55.6 Å². The van der Waals surface area contributed by atoms with E-state index in [4.69, 9.17) is 4.74 Å². The Labute approximate surface area is 197 Å². The molecule has 0 bridgehead atoms. The molecule has 3 aromatic carbocycles. The highest BCUT2D eigenvalue weighted by atomic mass is 79.9. The molecule has 2 N–H and O–H groups in total. The molecular formula is C23H19Br2N3O3. The Morgan fingerprint density at radius 1 is 1.03 bits per heavy atom. The molecule has 0 saturated carbocycles.